The molecule has 0 saturated heterocycles. The fraction of sp³-hybridized carbons (Fsp3) is 0.556. The van der Waals surface area contributed by atoms with E-state index < -0.39 is 36.0 Å². The van der Waals surface area contributed by atoms with E-state index in [1.54, 1.807) is 0 Å². The summed E-state index contributed by atoms with van der Waals surface area (Å²) in [5.74, 6) is -6.13. The fourth-order valence-corrected chi connectivity index (χ4v) is 0.835. The van der Waals surface area contributed by atoms with Gasteiger partial charge in [0.25, 0.3) is 0 Å². The molecular formula is C9H11ClF3NO7. The average Bonchev–Trinajstić information content (AvgIpc) is 2.32. The lowest BCUT2D eigenvalue weighted by Crippen LogP contribution is -2.41. The Morgan fingerprint density at radius 3 is 1.76 bits per heavy atom. The highest BCUT2D eigenvalue weighted by Gasteiger charge is 2.38. The zero-order valence-electron chi connectivity index (χ0n) is 10.2. The van der Waals surface area contributed by atoms with Gasteiger partial charge in [-0.1, -0.05) is 0 Å². The summed E-state index contributed by atoms with van der Waals surface area (Å²) >= 11 is 5.14. The van der Waals surface area contributed by atoms with E-state index in [1.165, 1.54) is 0 Å². The second-order valence-corrected chi connectivity index (χ2v) is 3.59. The first kappa shape index (κ1) is 21.3. The zero-order chi connectivity index (χ0) is 17.2. The van der Waals surface area contributed by atoms with Crippen molar-refractivity contribution in [2.24, 2.45) is 0 Å². The lowest BCUT2D eigenvalue weighted by Gasteiger charge is -2.11. The predicted molar refractivity (Wildman–Crippen MR) is 60.8 cm³/mol. The van der Waals surface area contributed by atoms with Gasteiger partial charge in [-0.15, -0.1) is 11.6 Å². The van der Waals surface area contributed by atoms with Crippen LogP contribution in [0.3, 0.4) is 0 Å². The van der Waals surface area contributed by atoms with Crippen molar-refractivity contribution in [2.75, 3.05) is 5.88 Å². The Balaban J connectivity index is 0. The van der Waals surface area contributed by atoms with Crippen LogP contribution in [-0.4, -0.2) is 57.2 Å². The molecule has 0 heterocycles. The molecule has 0 spiro atoms. The number of carbonyl (C=O) groups is 4. The van der Waals surface area contributed by atoms with Gasteiger partial charge < -0.3 is 20.6 Å². The van der Waals surface area contributed by atoms with E-state index >= 15 is 0 Å². The Labute approximate surface area is 120 Å². The van der Waals surface area contributed by atoms with Crippen molar-refractivity contribution in [1.82, 2.24) is 5.32 Å². The van der Waals surface area contributed by atoms with Crippen molar-refractivity contribution < 1.29 is 47.7 Å². The van der Waals surface area contributed by atoms with Crippen molar-refractivity contribution in [3.05, 3.63) is 0 Å². The maximum absolute atomic E-state index is 10.7. The number of carboxylic acid groups (broad SMARTS) is 3. The molecule has 1 amide bonds. The highest BCUT2D eigenvalue weighted by Crippen LogP contribution is 2.13. The van der Waals surface area contributed by atoms with Gasteiger partial charge in [-0.2, -0.15) is 13.2 Å². The number of amides is 1. The standard InChI is InChI=1S/C7H10ClNO5.C2HF3O2/c8-3-5(10)9-4(7(13)14)1-2-6(11)12;3-2(4,5)1(6)7/h4H,1-3H2,(H,9,10)(H,11,12)(H,13,14);(H,6,7)/t4-;/m0./s1. The molecule has 0 aromatic carbocycles. The van der Waals surface area contributed by atoms with Gasteiger partial charge in [0.1, 0.15) is 11.9 Å². The highest BCUT2D eigenvalue weighted by molar-refractivity contribution is 6.27. The van der Waals surface area contributed by atoms with Crippen LogP contribution in [0.5, 0.6) is 0 Å². The topological polar surface area (TPSA) is 141 Å². The average molecular weight is 338 g/mol. The number of aliphatic carboxylic acids is 3. The molecule has 0 unspecified atom stereocenters. The van der Waals surface area contributed by atoms with Gasteiger partial charge in [0.05, 0.1) is 0 Å². The molecule has 0 aliphatic rings. The Morgan fingerprint density at radius 2 is 1.52 bits per heavy atom. The van der Waals surface area contributed by atoms with E-state index in [4.69, 9.17) is 31.7 Å². The third-order valence-electron chi connectivity index (χ3n) is 1.64. The molecule has 0 aliphatic carbocycles. The molecule has 4 N–H and O–H groups in total. The smallest absolute Gasteiger partial charge is 0.481 e. The molecule has 0 bridgehead atoms. The summed E-state index contributed by atoms with van der Waals surface area (Å²) in [5.41, 5.74) is 0. The largest absolute Gasteiger partial charge is 0.490 e. The number of rotatable bonds is 6. The maximum atomic E-state index is 10.7. The number of carboxylic acids is 3. The van der Waals surface area contributed by atoms with Crippen LogP contribution >= 0.6 is 11.6 Å². The van der Waals surface area contributed by atoms with Crippen LogP contribution in [-0.2, 0) is 19.2 Å². The Bertz CT molecular complexity index is 399. The minimum absolute atomic E-state index is 0.159. The monoisotopic (exact) mass is 337 g/mol. The molecule has 0 saturated carbocycles. The molecule has 0 rings (SSSR count). The quantitative estimate of drug-likeness (QED) is 0.510. The SMILES string of the molecule is O=C(O)C(F)(F)F.O=C(O)CC[C@H](NC(=O)CCl)C(=O)O. The molecule has 0 aliphatic heterocycles. The minimum atomic E-state index is -5.08. The molecule has 0 fully saturated rings. The first-order chi connectivity index (χ1) is 9.41. The Morgan fingerprint density at radius 1 is 1.10 bits per heavy atom. The second kappa shape index (κ2) is 9.80. The van der Waals surface area contributed by atoms with Gasteiger partial charge in [-0.25, -0.2) is 9.59 Å². The second-order valence-electron chi connectivity index (χ2n) is 3.33. The first-order valence-corrected chi connectivity index (χ1v) is 5.55. The number of hydrogen-bond donors (Lipinski definition) is 4. The summed E-state index contributed by atoms with van der Waals surface area (Å²) in [6.45, 7) is 0. The molecule has 12 heteroatoms. The highest BCUT2D eigenvalue weighted by atomic mass is 35.5. The van der Waals surface area contributed by atoms with Crippen LogP contribution in [0.2, 0.25) is 0 Å². The van der Waals surface area contributed by atoms with Crippen LogP contribution in [0.4, 0.5) is 13.2 Å². The molecular weight excluding hydrogens is 327 g/mol. The number of nitrogens with one attached hydrogen (secondary N) is 1. The van der Waals surface area contributed by atoms with Crippen molar-refractivity contribution in [3.8, 4) is 0 Å². The summed E-state index contributed by atoms with van der Waals surface area (Å²) in [5, 5.41) is 26.1. The van der Waals surface area contributed by atoms with Crippen LogP contribution in [0, 0.1) is 0 Å². The number of carbonyl (C=O) groups excluding carboxylic acids is 1. The molecule has 0 radical (unpaired) electrons. The minimum Gasteiger partial charge on any atom is -0.481 e. The number of alkyl halides is 4. The predicted octanol–water partition coefficient (Wildman–Crippen LogP) is 0.293. The van der Waals surface area contributed by atoms with Crippen LogP contribution in [0.25, 0.3) is 0 Å². The molecule has 122 valence electrons. The molecule has 21 heavy (non-hydrogen) atoms. The number of halogens is 4. The maximum Gasteiger partial charge on any atom is 0.490 e. The van der Waals surface area contributed by atoms with Crippen molar-refractivity contribution in [3.63, 3.8) is 0 Å². The molecule has 0 aromatic rings. The van der Waals surface area contributed by atoms with E-state index in [0.717, 1.165) is 0 Å². The van der Waals surface area contributed by atoms with Crippen molar-refractivity contribution in [1.29, 1.82) is 0 Å². The summed E-state index contributed by atoms with van der Waals surface area (Å²) in [6, 6.07) is -1.20. The summed E-state index contributed by atoms with van der Waals surface area (Å²) in [7, 11) is 0. The van der Waals surface area contributed by atoms with E-state index in [-0.39, 0.29) is 18.7 Å². The van der Waals surface area contributed by atoms with E-state index in [1.807, 2.05) is 0 Å². The van der Waals surface area contributed by atoms with Gasteiger partial charge in [0.15, 0.2) is 0 Å². The normalized spacial score (nSPS) is 11.6. The Kier molecular flexibility index (Phi) is 9.92. The van der Waals surface area contributed by atoms with Crippen molar-refractivity contribution in [2.45, 2.75) is 25.1 Å². The molecule has 8 nitrogen and oxygen atoms in total. The van der Waals surface area contributed by atoms with Crippen LogP contribution in [0.15, 0.2) is 0 Å². The van der Waals surface area contributed by atoms with E-state index in [2.05, 4.69) is 5.32 Å². The third-order valence-corrected chi connectivity index (χ3v) is 1.89. The third kappa shape index (κ3) is 12.7. The molecule has 1 atom stereocenters. The van der Waals surface area contributed by atoms with Gasteiger partial charge in [-0.3, -0.25) is 9.59 Å². The number of hydrogen-bond acceptors (Lipinski definition) is 4. The van der Waals surface area contributed by atoms with Crippen LogP contribution < -0.4 is 5.32 Å². The van der Waals surface area contributed by atoms with Gasteiger partial charge in [-0.05, 0) is 6.42 Å². The summed E-state index contributed by atoms with van der Waals surface area (Å²) in [4.78, 5) is 40.3. The summed E-state index contributed by atoms with van der Waals surface area (Å²) in [6.07, 6.45) is -5.56. The summed E-state index contributed by atoms with van der Waals surface area (Å²) < 4.78 is 31.7. The van der Waals surface area contributed by atoms with Crippen LogP contribution in [0.1, 0.15) is 12.8 Å². The van der Waals surface area contributed by atoms with Gasteiger partial charge in [0, 0.05) is 6.42 Å². The van der Waals surface area contributed by atoms with Crippen molar-refractivity contribution >= 4 is 35.4 Å². The van der Waals surface area contributed by atoms with E-state index in [0.29, 0.717) is 0 Å². The Hall–Kier alpha value is -2.04. The fourth-order valence-electron chi connectivity index (χ4n) is 0.758. The zero-order valence-corrected chi connectivity index (χ0v) is 10.9. The van der Waals surface area contributed by atoms with Gasteiger partial charge >= 0.3 is 24.1 Å². The lowest BCUT2D eigenvalue weighted by atomic mass is 10.1. The molecule has 0 aromatic heterocycles. The van der Waals surface area contributed by atoms with Gasteiger partial charge in [0.2, 0.25) is 5.91 Å². The van der Waals surface area contributed by atoms with E-state index in [9.17, 15) is 27.6 Å². The lowest BCUT2D eigenvalue weighted by molar-refractivity contribution is -0.192. The first-order valence-electron chi connectivity index (χ1n) is 5.01.